The van der Waals surface area contributed by atoms with Gasteiger partial charge in [0.25, 0.3) is 5.91 Å². The van der Waals surface area contributed by atoms with E-state index in [-0.39, 0.29) is 36.6 Å². The van der Waals surface area contributed by atoms with Crippen LogP contribution in [0, 0.1) is 13.8 Å². The van der Waals surface area contributed by atoms with Gasteiger partial charge in [-0.05, 0) is 56.7 Å². The van der Waals surface area contributed by atoms with E-state index >= 15 is 0 Å². The van der Waals surface area contributed by atoms with Gasteiger partial charge < -0.3 is 19.0 Å². The first-order valence-electron chi connectivity index (χ1n) is 11.3. The van der Waals surface area contributed by atoms with Crippen molar-refractivity contribution in [1.29, 1.82) is 0 Å². The van der Waals surface area contributed by atoms with Crippen molar-refractivity contribution in [1.82, 2.24) is 4.90 Å². The maximum Gasteiger partial charge on any atom is 0.261 e. The molecule has 0 radical (unpaired) electrons. The standard InChI is InChI=1S/C24H32N2O5S/c1-18-7-6-8-19(2)24(18)30-16-22(27)26(20-11-14-32(28,29)17-20)15-21-9-10-23(31-21)25-12-4-3-5-13-25/h6-10,20H,3-5,11-17H2,1-2H3. The number of hydrogen-bond acceptors (Lipinski definition) is 6. The number of anilines is 1. The van der Waals surface area contributed by atoms with Gasteiger partial charge in [0.15, 0.2) is 22.3 Å². The lowest BCUT2D eigenvalue weighted by atomic mass is 10.1. The van der Waals surface area contributed by atoms with E-state index < -0.39 is 9.84 Å². The molecule has 2 aliphatic rings. The first-order valence-corrected chi connectivity index (χ1v) is 13.2. The minimum atomic E-state index is -3.13. The van der Waals surface area contributed by atoms with Gasteiger partial charge in [0.1, 0.15) is 11.5 Å². The van der Waals surface area contributed by atoms with Gasteiger partial charge in [0.2, 0.25) is 0 Å². The molecule has 0 aliphatic carbocycles. The molecule has 1 amide bonds. The quantitative estimate of drug-likeness (QED) is 0.629. The van der Waals surface area contributed by atoms with E-state index in [0.717, 1.165) is 42.9 Å². The Hall–Kier alpha value is -2.48. The van der Waals surface area contributed by atoms with Gasteiger partial charge >= 0.3 is 0 Å². The summed E-state index contributed by atoms with van der Waals surface area (Å²) in [7, 11) is -3.13. The van der Waals surface area contributed by atoms with Gasteiger partial charge in [-0.2, -0.15) is 0 Å². The Morgan fingerprint density at radius 2 is 1.84 bits per heavy atom. The molecule has 2 aromatic rings. The van der Waals surface area contributed by atoms with Gasteiger partial charge in [-0.1, -0.05) is 18.2 Å². The van der Waals surface area contributed by atoms with Crippen LogP contribution in [0.5, 0.6) is 5.75 Å². The minimum Gasteiger partial charge on any atom is -0.483 e. The Morgan fingerprint density at radius 3 is 2.50 bits per heavy atom. The maximum absolute atomic E-state index is 13.2. The number of hydrogen-bond donors (Lipinski definition) is 0. The second-order valence-electron chi connectivity index (χ2n) is 8.88. The van der Waals surface area contributed by atoms with Crippen molar-refractivity contribution in [2.75, 3.05) is 36.1 Å². The number of carbonyl (C=O) groups excluding carboxylic acids is 1. The zero-order chi connectivity index (χ0) is 22.7. The number of nitrogens with zero attached hydrogens (tertiary/aromatic N) is 2. The molecule has 7 nitrogen and oxygen atoms in total. The van der Waals surface area contributed by atoms with Crippen LogP contribution in [0.1, 0.15) is 42.6 Å². The summed E-state index contributed by atoms with van der Waals surface area (Å²) in [6.07, 6.45) is 3.98. The van der Waals surface area contributed by atoms with Gasteiger partial charge in [0, 0.05) is 25.2 Å². The Kier molecular flexibility index (Phi) is 6.79. The van der Waals surface area contributed by atoms with Crippen molar-refractivity contribution >= 4 is 21.6 Å². The topological polar surface area (TPSA) is 80.1 Å². The zero-order valence-electron chi connectivity index (χ0n) is 18.9. The van der Waals surface area contributed by atoms with Crippen LogP contribution in [0.3, 0.4) is 0 Å². The monoisotopic (exact) mass is 460 g/mol. The Morgan fingerprint density at radius 1 is 1.12 bits per heavy atom. The molecule has 32 heavy (non-hydrogen) atoms. The summed E-state index contributed by atoms with van der Waals surface area (Å²) in [4.78, 5) is 17.1. The summed E-state index contributed by atoms with van der Waals surface area (Å²) in [5.74, 6) is 2.04. The predicted octanol–water partition coefficient (Wildman–Crippen LogP) is 3.48. The molecule has 2 saturated heterocycles. The van der Waals surface area contributed by atoms with Crippen molar-refractivity contribution < 1.29 is 22.4 Å². The summed E-state index contributed by atoms with van der Waals surface area (Å²) in [5, 5.41) is 0. The Labute approximate surface area is 190 Å². The van der Waals surface area contributed by atoms with Crippen LogP contribution in [-0.4, -0.2) is 56.5 Å². The van der Waals surface area contributed by atoms with Crippen LogP contribution >= 0.6 is 0 Å². The first kappa shape index (κ1) is 22.7. The number of carbonyl (C=O) groups is 1. The summed E-state index contributed by atoms with van der Waals surface area (Å²) in [6.45, 7) is 5.93. The molecule has 8 heteroatoms. The average Bonchev–Trinajstić information content (AvgIpc) is 3.38. The molecule has 1 aromatic heterocycles. The van der Waals surface area contributed by atoms with E-state index in [0.29, 0.717) is 17.9 Å². The molecule has 174 valence electrons. The third-order valence-electron chi connectivity index (χ3n) is 6.36. The SMILES string of the molecule is Cc1cccc(C)c1OCC(=O)N(Cc1ccc(N2CCCCC2)o1)C1CCS(=O)(=O)C1. The molecule has 1 atom stereocenters. The number of sulfone groups is 1. The van der Waals surface area contributed by atoms with Crippen molar-refractivity contribution in [3.63, 3.8) is 0 Å². The maximum atomic E-state index is 13.2. The average molecular weight is 461 g/mol. The van der Waals surface area contributed by atoms with Crippen LogP contribution in [-0.2, 0) is 21.2 Å². The highest BCUT2D eigenvalue weighted by atomic mass is 32.2. The molecule has 0 saturated carbocycles. The lowest BCUT2D eigenvalue weighted by Crippen LogP contribution is -2.43. The summed E-state index contributed by atoms with van der Waals surface area (Å²) < 4.78 is 36.1. The molecule has 0 N–H and O–H groups in total. The highest BCUT2D eigenvalue weighted by Gasteiger charge is 2.35. The third-order valence-corrected chi connectivity index (χ3v) is 8.11. The van der Waals surface area contributed by atoms with Crippen LogP contribution in [0.15, 0.2) is 34.7 Å². The number of aryl methyl sites for hydroxylation is 2. The normalized spacial score (nSPS) is 20.3. The summed E-state index contributed by atoms with van der Waals surface area (Å²) >= 11 is 0. The van der Waals surface area contributed by atoms with Crippen LogP contribution in [0.25, 0.3) is 0 Å². The molecule has 3 heterocycles. The fraction of sp³-hybridized carbons (Fsp3) is 0.542. The van der Waals surface area contributed by atoms with Gasteiger partial charge in [-0.3, -0.25) is 4.79 Å². The van der Waals surface area contributed by atoms with Gasteiger partial charge in [0.05, 0.1) is 18.1 Å². The number of rotatable bonds is 7. The lowest BCUT2D eigenvalue weighted by Gasteiger charge is -2.28. The number of piperidine rings is 1. The van der Waals surface area contributed by atoms with Crippen LogP contribution in [0.2, 0.25) is 0 Å². The fourth-order valence-electron chi connectivity index (χ4n) is 4.59. The van der Waals surface area contributed by atoms with E-state index in [4.69, 9.17) is 9.15 Å². The van der Waals surface area contributed by atoms with Crippen LogP contribution in [0.4, 0.5) is 5.88 Å². The van der Waals surface area contributed by atoms with Crippen molar-refractivity contribution in [2.45, 2.75) is 52.1 Å². The summed E-state index contributed by atoms with van der Waals surface area (Å²) in [5.41, 5.74) is 1.93. The molecule has 1 unspecified atom stereocenters. The molecule has 0 spiro atoms. The molecule has 2 fully saturated rings. The number of benzene rings is 1. The van der Waals surface area contributed by atoms with E-state index in [9.17, 15) is 13.2 Å². The van der Waals surface area contributed by atoms with E-state index in [1.807, 2.05) is 44.2 Å². The van der Waals surface area contributed by atoms with Crippen molar-refractivity contribution in [3.8, 4) is 5.75 Å². The van der Waals surface area contributed by atoms with E-state index in [2.05, 4.69) is 4.90 Å². The number of furan rings is 1. The lowest BCUT2D eigenvalue weighted by molar-refractivity contribution is -0.136. The molecule has 4 rings (SSSR count). The molecule has 2 aliphatic heterocycles. The minimum absolute atomic E-state index is 0.0121. The predicted molar refractivity (Wildman–Crippen MR) is 124 cm³/mol. The van der Waals surface area contributed by atoms with E-state index in [1.165, 1.54) is 6.42 Å². The molecule has 0 bridgehead atoms. The second kappa shape index (κ2) is 9.57. The molecular formula is C24H32N2O5S. The fourth-order valence-corrected chi connectivity index (χ4v) is 6.32. The van der Waals surface area contributed by atoms with Crippen LogP contribution < -0.4 is 9.64 Å². The van der Waals surface area contributed by atoms with Crippen molar-refractivity contribution in [2.24, 2.45) is 0 Å². The Balaban J connectivity index is 1.49. The summed E-state index contributed by atoms with van der Waals surface area (Å²) in [6, 6.07) is 9.31. The largest absolute Gasteiger partial charge is 0.483 e. The first-order chi connectivity index (χ1) is 15.3. The van der Waals surface area contributed by atoms with Gasteiger partial charge in [-0.15, -0.1) is 0 Å². The second-order valence-corrected chi connectivity index (χ2v) is 11.1. The third kappa shape index (κ3) is 5.28. The highest BCUT2D eigenvalue weighted by Crippen LogP contribution is 2.27. The Bertz CT molecular complexity index is 1040. The van der Waals surface area contributed by atoms with E-state index in [1.54, 1.807) is 4.90 Å². The number of ether oxygens (including phenoxy) is 1. The van der Waals surface area contributed by atoms with Crippen molar-refractivity contribution in [3.05, 3.63) is 47.2 Å². The zero-order valence-corrected chi connectivity index (χ0v) is 19.7. The number of para-hydroxylation sites is 1. The smallest absolute Gasteiger partial charge is 0.261 e. The highest BCUT2D eigenvalue weighted by molar-refractivity contribution is 7.91. The number of amides is 1. The molecule has 1 aromatic carbocycles. The molecular weight excluding hydrogens is 428 g/mol. The van der Waals surface area contributed by atoms with Gasteiger partial charge in [-0.25, -0.2) is 8.42 Å².